The number of hydrogen-bond acceptors (Lipinski definition) is 5. The molecule has 2 amide bonds. The molecule has 1 N–H and O–H groups in total. The van der Waals surface area contributed by atoms with Gasteiger partial charge >= 0.3 is 0 Å². The topological polar surface area (TPSA) is 97.2 Å². The van der Waals surface area contributed by atoms with E-state index in [4.69, 9.17) is 0 Å². The molecular weight excluding hydrogens is 382 g/mol. The Labute approximate surface area is 173 Å². The first-order valence-corrected chi connectivity index (χ1v) is 10.1. The van der Waals surface area contributed by atoms with Gasteiger partial charge in [0.25, 0.3) is 11.5 Å². The summed E-state index contributed by atoms with van der Waals surface area (Å²) in [6.45, 7) is 2.16. The van der Waals surface area contributed by atoms with Gasteiger partial charge in [-0.15, -0.1) is 5.10 Å². The molecule has 1 saturated heterocycles. The Bertz CT molecular complexity index is 1120. The SMILES string of the molecule is O=C(CCn1nnc2ccccc2c1=O)NCc1ccc(C(=O)N2CCCC2)cc1. The second-order valence-corrected chi connectivity index (χ2v) is 7.36. The van der Waals surface area contributed by atoms with Gasteiger partial charge in [-0.3, -0.25) is 14.4 Å². The number of likely N-dealkylation sites (tertiary alicyclic amines) is 1. The van der Waals surface area contributed by atoms with Gasteiger partial charge in [-0.1, -0.05) is 29.5 Å². The van der Waals surface area contributed by atoms with E-state index in [1.54, 1.807) is 36.4 Å². The lowest BCUT2D eigenvalue weighted by atomic mass is 10.1. The van der Waals surface area contributed by atoms with Gasteiger partial charge in [0.2, 0.25) is 5.91 Å². The van der Waals surface area contributed by atoms with Gasteiger partial charge in [0, 0.05) is 31.6 Å². The van der Waals surface area contributed by atoms with Crippen molar-refractivity contribution in [3.8, 4) is 0 Å². The fourth-order valence-corrected chi connectivity index (χ4v) is 3.53. The predicted octanol–water partition coefficient (Wildman–Crippen LogP) is 1.73. The Kier molecular flexibility index (Phi) is 5.83. The Balaban J connectivity index is 1.29. The molecule has 0 radical (unpaired) electrons. The molecule has 30 heavy (non-hydrogen) atoms. The van der Waals surface area contributed by atoms with E-state index in [0.29, 0.717) is 23.0 Å². The zero-order valence-corrected chi connectivity index (χ0v) is 16.6. The lowest BCUT2D eigenvalue weighted by Gasteiger charge is -2.15. The molecule has 8 heteroatoms. The summed E-state index contributed by atoms with van der Waals surface area (Å²) < 4.78 is 1.21. The number of fused-ring (bicyclic) bond motifs is 1. The predicted molar refractivity (Wildman–Crippen MR) is 112 cm³/mol. The highest BCUT2D eigenvalue weighted by Gasteiger charge is 2.19. The third-order valence-electron chi connectivity index (χ3n) is 5.26. The molecule has 0 spiro atoms. The second kappa shape index (κ2) is 8.86. The highest BCUT2D eigenvalue weighted by Crippen LogP contribution is 2.13. The van der Waals surface area contributed by atoms with Crippen LogP contribution in [0.25, 0.3) is 10.9 Å². The fraction of sp³-hybridized carbons (Fsp3) is 0.318. The van der Waals surface area contributed by atoms with E-state index in [2.05, 4.69) is 15.6 Å². The number of benzene rings is 2. The number of amides is 2. The zero-order chi connectivity index (χ0) is 20.9. The molecule has 0 bridgehead atoms. The summed E-state index contributed by atoms with van der Waals surface area (Å²) in [5.41, 5.74) is 1.85. The molecule has 3 aromatic rings. The average molecular weight is 405 g/mol. The Morgan fingerprint density at radius 3 is 2.50 bits per heavy atom. The van der Waals surface area contributed by atoms with Crippen LogP contribution in [-0.4, -0.2) is 44.8 Å². The number of aromatic nitrogens is 3. The summed E-state index contributed by atoms with van der Waals surface area (Å²) in [5.74, 6) is -0.126. The first-order chi connectivity index (χ1) is 14.6. The van der Waals surface area contributed by atoms with E-state index >= 15 is 0 Å². The molecule has 1 aliphatic heterocycles. The molecule has 2 heterocycles. The maximum absolute atomic E-state index is 12.4. The molecule has 8 nitrogen and oxygen atoms in total. The third-order valence-corrected chi connectivity index (χ3v) is 5.26. The van der Waals surface area contributed by atoms with E-state index in [9.17, 15) is 14.4 Å². The average Bonchev–Trinajstić information content (AvgIpc) is 3.32. The van der Waals surface area contributed by atoms with Crippen molar-refractivity contribution in [1.29, 1.82) is 0 Å². The molecule has 1 aliphatic rings. The maximum Gasteiger partial charge on any atom is 0.277 e. The summed E-state index contributed by atoms with van der Waals surface area (Å²) in [6, 6.07) is 14.3. The molecule has 0 unspecified atom stereocenters. The van der Waals surface area contributed by atoms with Crippen molar-refractivity contribution >= 4 is 22.7 Å². The highest BCUT2D eigenvalue weighted by atomic mass is 16.2. The minimum atomic E-state index is -0.258. The van der Waals surface area contributed by atoms with Crippen LogP contribution in [0.1, 0.15) is 35.2 Å². The Morgan fingerprint density at radius 2 is 1.73 bits per heavy atom. The summed E-state index contributed by atoms with van der Waals surface area (Å²) in [5, 5.41) is 11.2. The van der Waals surface area contributed by atoms with Crippen molar-refractivity contribution in [3.63, 3.8) is 0 Å². The second-order valence-electron chi connectivity index (χ2n) is 7.36. The zero-order valence-electron chi connectivity index (χ0n) is 16.6. The van der Waals surface area contributed by atoms with Crippen LogP contribution in [0.4, 0.5) is 0 Å². The maximum atomic E-state index is 12.4. The van der Waals surface area contributed by atoms with Gasteiger partial charge in [-0.2, -0.15) is 0 Å². The molecule has 0 atom stereocenters. The van der Waals surface area contributed by atoms with Crippen LogP contribution in [0.3, 0.4) is 0 Å². The lowest BCUT2D eigenvalue weighted by molar-refractivity contribution is -0.121. The van der Waals surface area contributed by atoms with Crippen LogP contribution < -0.4 is 10.9 Å². The number of carbonyl (C=O) groups is 2. The molecule has 1 aromatic heterocycles. The van der Waals surface area contributed by atoms with Crippen LogP contribution in [0.2, 0.25) is 0 Å². The van der Waals surface area contributed by atoms with Crippen LogP contribution >= 0.6 is 0 Å². The number of aryl methyl sites for hydroxylation is 1. The van der Waals surface area contributed by atoms with E-state index in [0.717, 1.165) is 31.5 Å². The number of hydrogen-bond donors (Lipinski definition) is 1. The first-order valence-electron chi connectivity index (χ1n) is 10.1. The molecular formula is C22H23N5O3. The van der Waals surface area contributed by atoms with Crippen LogP contribution in [0.15, 0.2) is 53.3 Å². The van der Waals surface area contributed by atoms with Crippen molar-refractivity contribution in [2.45, 2.75) is 32.4 Å². The number of carbonyl (C=O) groups excluding carboxylic acids is 2. The van der Waals surface area contributed by atoms with Gasteiger partial charge in [0.1, 0.15) is 5.52 Å². The lowest BCUT2D eigenvalue weighted by Crippen LogP contribution is -2.29. The van der Waals surface area contributed by atoms with Crippen LogP contribution in [0, 0.1) is 0 Å². The van der Waals surface area contributed by atoms with Gasteiger partial charge in [0.05, 0.1) is 11.9 Å². The van der Waals surface area contributed by atoms with E-state index in [1.165, 1.54) is 4.68 Å². The van der Waals surface area contributed by atoms with Crippen molar-refractivity contribution in [2.75, 3.05) is 13.1 Å². The molecule has 2 aromatic carbocycles. The van der Waals surface area contributed by atoms with Crippen molar-refractivity contribution in [2.24, 2.45) is 0 Å². The third kappa shape index (κ3) is 4.37. The van der Waals surface area contributed by atoms with Gasteiger partial charge in [0.15, 0.2) is 0 Å². The fourth-order valence-electron chi connectivity index (χ4n) is 3.53. The number of nitrogens with one attached hydrogen (secondary N) is 1. The number of rotatable bonds is 6. The van der Waals surface area contributed by atoms with Crippen molar-refractivity contribution in [3.05, 3.63) is 70.0 Å². The Hall–Kier alpha value is -3.55. The van der Waals surface area contributed by atoms with Crippen molar-refractivity contribution < 1.29 is 9.59 Å². The molecule has 1 fully saturated rings. The van der Waals surface area contributed by atoms with Gasteiger partial charge < -0.3 is 10.2 Å². The standard InChI is InChI=1S/C22H23N5O3/c28-20(11-14-27-22(30)18-5-1-2-6-19(18)24-25-27)23-15-16-7-9-17(10-8-16)21(29)26-12-3-4-13-26/h1-2,5-10H,3-4,11-15H2,(H,23,28). The van der Waals surface area contributed by atoms with Gasteiger partial charge in [-0.25, -0.2) is 4.68 Å². The summed E-state index contributed by atoms with van der Waals surface area (Å²) in [4.78, 5) is 38.8. The smallest absolute Gasteiger partial charge is 0.277 e. The number of nitrogens with zero attached hydrogens (tertiary/aromatic N) is 4. The highest BCUT2D eigenvalue weighted by molar-refractivity contribution is 5.94. The summed E-state index contributed by atoms with van der Waals surface area (Å²) >= 11 is 0. The molecule has 154 valence electrons. The summed E-state index contributed by atoms with van der Waals surface area (Å²) in [7, 11) is 0. The largest absolute Gasteiger partial charge is 0.352 e. The minimum absolute atomic E-state index is 0.0602. The van der Waals surface area contributed by atoms with Crippen molar-refractivity contribution in [1.82, 2.24) is 25.2 Å². The Morgan fingerprint density at radius 1 is 1.00 bits per heavy atom. The summed E-state index contributed by atoms with van der Waals surface area (Å²) in [6.07, 6.45) is 2.25. The monoisotopic (exact) mass is 405 g/mol. The van der Waals surface area contributed by atoms with E-state index in [-0.39, 0.29) is 30.3 Å². The van der Waals surface area contributed by atoms with E-state index in [1.807, 2.05) is 17.0 Å². The van der Waals surface area contributed by atoms with E-state index < -0.39 is 0 Å². The molecule has 4 rings (SSSR count). The van der Waals surface area contributed by atoms with Gasteiger partial charge in [-0.05, 0) is 42.7 Å². The minimum Gasteiger partial charge on any atom is -0.352 e. The first kappa shape index (κ1) is 19.8. The molecule has 0 aliphatic carbocycles. The van der Waals surface area contributed by atoms with Crippen LogP contribution in [-0.2, 0) is 17.9 Å². The molecule has 0 saturated carbocycles. The quantitative estimate of drug-likeness (QED) is 0.674. The normalized spacial score (nSPS) is 13.5. The van der Waals surface area contributed by atoms with Crippen LogP contribution in [0.5, 0.6) is 0 Å².